The van der Waals surface area contributed by atoms with Crippen LogP contribution in [0, 0.1) is 5.41 Å². The van der Waals surface area contributed by atoms with Gasteiger partial charge in [0, 0.05) is 38.8 Å². The second kappa shape index (κ2) is 16.2. The van der Waals surface area contributed by atoms with E-state index >= 15 is 0 Å². The van der Waals surface area contributed by atoms with Crippen LogP contribution in [0.25, 0.3) is 0 Å². The summed E-state index contributed by atoms with van der Waals surface area (Å²) < 4.78 is 17.8. The Labute approximate surface area is 180 Å². The number of rotatable bonds is 19. The van der Waals surface area contributed by atoms with E-state index in [-0.39, 0.29) is 17.4 Å². The number of nitrogens with one attached hydrogen (secondary N) is 1. The zero-order chi connectivity index (χ0) is 22.2. The number of unbranched alkanes of at least 4 members (excludes halogenated alkanes) is 2. The van der Waals surface area contributed by atoms with E-state index in [4.69, 9.17) is 13.3 Å². The molecule has 6 nitrogen and oxygen atoms in total. The van der Waals surface area contributed by atoms with Gasteiger partial charge in [0.05, 0.1) is 6.10 Å². The average molecular weight is 434 g/mol. The third-order valence-electron chi connectivity index (χ3n) is 5.05. The van der Waals surface area contributed by atoms with Gasteiger partial charge in [-0.05, 0) is 51.9 Å². The summed E-state index contributed by atoms with van der Waals surface area (Å²) in [7, 11) is -2.64. The Hall–Kier alpha value is -0.473. The van der Waals surface area contributed by atoms with Crippen LogP contribution in [0.3, 0.4) is 0 Å². The zero-order valence-corrected chi connectivity index (χ0v) is 20.8. The number of hydrogen-bond acceptors (Lipinski definition) is 5. The van der Waals surface area contributed by atoms with E-state index < -0.39 is 8.80 Å². The predicted molar refractivity (Wildman–Crippen MR) is 121 cm³/mol. The molecule has 0 fully saturated rings. The third kappa shape index (κ3) is 14.2. The van der Waals surface area contributed by atoms with Crippen LogP contribution in [0.1, 0.15) is 92.9 Å². The van der Waals surface area contributed by atoms with Crippen LogP contribution in [0.4, 0.5) is 0 Å². The number of aliphatic hydroxyl groups is 1. The molecular formula is C22H47NO5Si. The molecule has 0 bridgehead atoms. The minimum absolute atomic E-state index is 0.0600. The number of hydrogen-bond donors (Lipinski definition) is 2. The van der Waals surface area contributed by atoms with Gasteiger partial charge in [0.2, 0.25) is 5.91 Å². The quantitative estimate of drug-likeness (QED) is 0.228. The monoisotopic (exact) mass is 433 g/mol. The Morgan fingerprint density at radius 2 is 1.52 bits per heavy atom. The van der Waals surface area contributed by atoms with Crippen molar-refractivity contribution in [1.29, 1.82) is 0 Å². The van der Waals surface area contributed by atoms with Crippen molar-refractivity contribution in [3.8, 4) is 0 Å². The van der Waals surface area contributed by atoms with Gasteiger partial charge in [-0.1, -0.05) is 40.0 Å². The van der Waals surface area contributed by atoms with Gasteiger partial charge in [-0.2, -0.15) is 0 Å². The SMILES string of the molecule is CCCCC(O)CCCCC(=O)NCC(C)(C)CC[Si](OCC)(OCC)OCC. The fourth-order valence-electron chi connectivity index (χ4n) is 3.26. The first-order valence-electron chi connectivity index (χ1n) is 11.6. The number of aliphatic hydroxyl groups excluding tert-OH is 1. The van der Waals surface area contributed by atoms with Crippen LogP contribution in [-0.4, -0.2) is 52.3 Å². The van der Waals surface area contributed by atoms with E-state index in [9.17, 15) is 9.90 Å². The lowest BCUT2D eigenvalue weighted by Gasteiger charge is -2.32. The molecule has 0 aliphatic heterocycles. The van der Waals surface area contributed by atoms with Gasteiger partial charge in [0.1, 0.15) is 0 Å². The average Bonchev–Trinajstić information content (AvgIpc) is 2.67. The molecule has 0 aliphatic carbocycles. The van der Waals surface area contributed by atoms with Crippen molar-refractivity contribution in [3.05, 3.63) is 0 Å². The summed E-state index contributed by atoms with van der Waals surface area (Å²) in [6.07, 6.45) is 6.72. The molecule has 0 radical (unpaired) electrons. The third-order valence-corrected chi connectivity index (χ3v) is 8.09. The van der Waals surface area contributed by atoms with Gasteiger partial charge in [-0.25, -0.2) is 0 Å². The lowest BCUT2D eigenvalue weighted by molar-refractivity contribution is -0.121. The minimum Gasteiger partial charge on any atom is -0.393 e. The van der Waals surface area contributed by atoms with Crippen molar-refractivity contribution in [1.82, 2.24) is 5.32 Å². The molecular weight excluding hydrogens is 386 g/mol. The molecule has 0 aromatic carbocycles. The Kier molecular flexibility index (Phi) is 16.0. The topological polar surface area (TPSA) is 77.0 Å². The normalized spacial score (nSPS) is 13.5. The predicted octanol–water partition coefficient (Wildman–Crippen LogP) is 4.68. The number of carbonyl (C=O) groups is 1. The Morgan fingerprint density at radius 1 is 0.966 bits per heavy atom. The summed E-state index contributed by atoms with van der Waals surface area (Å²) >= 11 is 0. The summed E-state index contributed by atoms with van der Waals surface area (Å²) in [6.45, 7) is 14.7. The zero-order valence-electron chi connectivity index (χ0n) is 19.8. The molecule has 0 aliphatic rings. The van der Waals surface area contributed by atoms with Crippen LogP contribution < -0.4 is 5.32 Å². The molecule has 7 heteroatoms. The standard InChI is InChI=1S/C22H47NO5Si/c1-7-11-14-20(24)15-12-13-16-21(25)23-19-22(5,6)17-18-29(26-8-2,27-9-3)28-10-4/h20,24H,7-19H2,1-6H3,(H,23,25). The maximum absolute atomic E-state index is 12.2. The lowest BCUT2D eigenvalue weighted by Crippen LogP contribution is -2.47. The van der Waals surface area contributed by atoms with E-state index in [2.05, 4.69) is 26.1 Å². The summed E-state index contributed by atoms with van der Waals surface area (Å²) in [5.74, 6) is 0.0871. The highest BCUT2D eigenvalue weighted by Gasteiger charge is 2.41. The molecule has 0 saturated heterocycles. The molecule has 2 N–H and O–H groups in total. The molecule has 0 heterocycles. The van der Waals surface area contributed by atoms with E-state index in [0.29, 0.717) is 32.8 Å². The highest BCUT2D eigenvalue weighted by Crippen LogP contribution is 2.28. The summed E-state index contributed by atoms with van der Waals surface area (Å²) in [4.78, 5) is 12.2. The van der Waals surface area contributed by atoms with Crippen molar-refractivity contribution in [3.63, 3.8) is 0 Å². The van der Waals surface area contributed by atoms with Gasteiger partial charge in [0.15, 0.2) is 0 Å². The molecule has 29 heavy (non-hydrogen) atoms. The number of amides is 1. The maximum Gasteiger partial charge on any atom is 0.500 e. The van der Waals surface area contributed by atoms with Crippen LogP contribution in [0.5, 0.6) is 0 Å². The van der Waals surface area contributed by atoms with Crippen molar-refractivity contribution in [2.75, 3.05) is 26.4 Å². The van der Waals surface area contributed by atoms with E-state index in [1.54, 1.807) is 0 Å². The van der Waals surface area contributed by atoms with Crippen molar-refractivity contribution in [2.45, 2.75) is 105 Å². The smallest absolute Gasteiger partial charge is 0.393 e. The molecule has 174 valence electrons. The maximum atomic E-state index is 12.2. The fraction of sp³-hybridized carbons (Fsp3) is 0.955. The minimum atomic E-state index is -2.64. The second-order valence-electron chi connectivity index (χ2n) is 8.46. The largest absolute Gasteiger partial charge is 0.500 e. The van der Waals surface area contributed by atoms with Crippen molar-refractivity contribution >= 4 is 14.7 Å². The molecule has 1 amide bonds. The Morgan fingerprint density at radius 3 is 2.03 bits per heavy atom. The molecule has 1 atom stereocenters. The van der Waals surface area contributed by atoms with E-state index in [1.807, 2.05) is 20.8 Å². The first-order chi connectivity index (χ1) is 13.7. The molecule has 0 aromatic heterocycles. The first-order valence-corrected chi connectivity index (χ1v) is 13.5. The Bertz CT molecular complexity index is 403. The number of carbonyl (C=O) groups excluding carboxylic acids is 1. The van der Waals surface area contributed by atoms with Crippen molar-refractivity contribution < 1.29 is 23.2 Å². The van der Waals surface area contributed by atoms with Gasteiger partial charge in [-0.3, -0.25) is 4.79 Å². The van der Waals surface area contributed by atoms with Gasteiger partial charge in [0.25, 0.3) is 0 Å². The first kappa shape index (κ1) is 28.5. The highest BCUT2D eigenvalue weighted by molar-refractivity contribution is 6.60. The molecule has 1 unspecified atom stereocenters. The summed E-state index contributed by atoms with van der Waals surface area (Å²) in [5.41, 5.74) is -0.0600. The fourth-order valence-corrected chi connectivity index (χ4v) is 6.24. The van der Waals surface area contributed by atoms with Gasteiger partial charge in [-0.15, -0.1) is 0 Å². The molecule has 0 saturated carbocycles. The van der Waals surface area contributed by atoms with Gasteiger partial charge >= 0.3 is 8.80 Å². The van der Waals surface area contributed by atoms with Crippen molar-refractivity contribution in [2.24, 2.45) is 5.41 Å². The van der Waals surface area contributed by atoms with Crippen LogP contribution in [0.15, 0.2) is 0 Å². The lowest BCUT2D eigenvalue weighted by atomic mass is 9.90. The highest BCUT2D eigenvalue weighted by atomic mass is 28.4. The van der Waals surface area contributed by atoms with E-state index in [0.717, 1.165) is 51.0 Å². The van der Waals surface area contributed by atoms with Crippen LogP contribution >= 0.6 is 0 Å². The Balaban J connectivity index is 4.26. The van der Waals surface area contributed by atoms with E-state index in [1.165, 1.54) is 0 Å². The van der Waals surface area contributed by atoms with Gasteiger partial charge < -0.3 is 23.7 Å². The summed E-state index contributed by atoms with van der Waals surface area (Å²) in [6, 6.07) is 0.751. The molecule has 0 spiro atoms. The molecule has 0 rings (SSSR count). The summed E-state index contributed by atoms with van der Waals surface area (Å²) in [5, 5.41) is 12.9. The van der Waals surface area contributed by atoms with Crippen LogP contribution in [-0.2, 0) is 18.1 Å². The van der Waals surface area contributed by atoms with Crippen LogP contribution in [0.2, 0.25) is 6.04 Å². The molecule has 0 aromatic rings. The second-order valence-corrected chi connectivity index (χ2v) is 11.2.